The molecule has 0 aliphatic carbocycles. The molecule has 0 aromatic heterocycles. The Bertz CT molecular complexity index is 828. The number of phenolic OH excluding ortho intramolecular Hbond substituents is 1. The van der Waals surface area contributed by atoms with Crippen molar-refractivity contribution in [1.82, 2.24) is 5.32 Å². The maximum atomic E-state index is 12.6. The van der Waals surface area contributed by atoms with Gasteiger partial charge >= 0.3 is 5.97 Å². The first-order chi connectivity index (χ1) is 13.2. The molecule has 1 amide bonds. The van der Waals surface area contributed by atoms with E-state index in [0.29, 0.717) is 12.1 Å². The summed E-state index contributed by atoms with van der Waals surface area (Å²) in [5.41, 5.74) is 2.69. The Balaban J connectivity index is 2.11. The van der Waals surface area contributed by atoms with Gasteiger partial charge in [0, 0.05) is 6.54 Å². The first-order valence-electron chi connectivity index (χ1n) is 9.60. The lowest BCUT2D eigenvalue weighted by Gasteiger charge is -2.18. The van der Waals surface area contributed by atoms with Gasteiger partial charge in [-0.3, -0.25) is 4.79 Å². The highest BCUT2D eigenvalue weighted by Crippen LogP contribution is 2.33. The van der Waals surface area contributed by atoms with Gasteiger partial charge in [-0.15, -0.1) is 0 Å². The molecule has 28 heavy (non-hydrogen) atoms. The second-order valence-corrected chi connectivity index (χ2v) is 7.57. The summed E-state index contributed by atoms with van der Waals surface area (Å²) in [5.74, 6) is -0.931. The molecule has 0 bridgehead atoms. The van der Waals surface area contributed by atoms with E-state index >= 15 is 0 Å². The van der Waals surface area contributed by atoms with E-state index in [2.05, 4.69) is 5.32 Å². The van der Waals surface area contributed by atoms with Gasteiger partial charge < -0.3 is 15.2 Å². The van der Waals surface area contributed by atoms with Gasteiger partial charge in [-0.2, -0.15) is 0 Å². The normalized spacial score (nSPS) is 12.1. The molecule has 5 nitrogen and oxygen atoms in total. The maximum Gasteiger partial charge on any atom is 0.342 e. The molecule has 5 heteroatoms. The van der Waals surface area contributed by atoms with Crippen molar-refractivity contribution in [2.45, 2.75) is 59.1 Å². The van der Waals surface area contributed by atoms with Crippen LogP contribution in [0.5, 0.6) is 5.75 Å². The van der Waals surface area contributed by atoms with E-state index in [0.717, 1.165) is 11.1 Å². The SMILES string of the molecule is CC(OC(=O)c1cc(C(C)C)cc(C(C)C)c1O)C(=O)NCc1ccccc1. The van der Waals surface area contributed by atoms with Crippen LogP contribution >= 0.6 is 0 Å². The molecule has 150 valence electrons. The minimum absolute atomic E-state index is 0.0526. The number of nitrogens with one attached hydrogen (secondary N) is 1. The zero-order valence-electron chi connectivity index (χ0n) is 17.2. The van der Waals surface area contributed by atoms with E-state index in [1.165, 1.54) is 6.92 Å². The van der Waals surface area contributed by atoms with Crippen LogP contribution in [-0.2, 0) is 16.1 Å². The number of amides is 1. The topological polar surface area (TPSA) is 75.6 Å². The zero-order chi connectivity index (χ0) is 20.8. The number of benzene rings is 2. The minimum Gasteiger partial charge on any atom is -0.507 e. The Morgan fingerprint density at radius 2 is 1.64 bits per heavy atom. The molecule has 0 aliphatic rings. The number of esters is 1. The summed E-state index contributed by atoms with van der Waals surface area (Å²) in [6, 6.07) is 13.0. The molecule has 0 aliphatic heterocycles. The quantitative estimate of drug-likeness (QED) is 0.690. The van der Waals surface area contributed by atoms with Crippen LogP contribution in [0.25, 0.3) is 0 Å². The van der Waals surface area contributed by atoms with Crippen molar-refractivity contribution in [2.75, 3.05) is 0 Å². The number of phenols is 1. The van der Waals surface area contributed by atoms with E-state index in [-0.39, 0.29) is 29.1 Å². The van der Waals surface area contributed by atoms with E-state index in [4.69, 9.17) is 4.74 Å². The van der Waals surface area contributed by atoms with Crippen LogP contribution in [0.1, 0.15) is 73.5 Å². The summed E-state index contributed by atoms with van der Waals surface area (Å²) in [6.07, 6.45) is -0.971. The monoisotopic (exact) mass is 383 g/mol. The molecule has 2 aromatic rings. The largest absolute Gasteiger partial charge is 0.507 e. The van der Waals surface area contributed by atoms with E-state index in [1.807, 2.05) is 64.1 Å². The Labute approximate surface area is 166 Å². The fourth-order valence-corrected chi connectivity index (χ4v) is 2.82. The van der Waals surface area contributed by atoms with Gasteiger partial charge in [0.2, 0.25) is 0 Å². The van der Waals surface area contributed by atoms with Crippen LogP contribution in [0.2, 0.25) is 0 Å². The van der Waals surface area contributed by atoms with Crippen molar-refractivity contribution >= 4 is 11.9 Å². The molecule has 0 fully saturated rings. The van der Waals surface area contributed by atoms with Gasteiger partial charge in [-0.1, -0.05) is 64.1 Å². The molecule has 0 saturated heterocycles. The fourth-order valence-electron chi connectivity index (χ4n) is 2.82. The first kappa shape index (κ1) is 21.5. The van der Waals surface area contributed by atoms with Crippen LogP contribution in [0, 0.1) is 0 Å². The van der Waals surface area contributed by atoms with Gasteiger partial charge in [0.05, 0.1) is 0 Å². The van der Waals surface area contributed by atoms with Crippen molar-refractivity contribution in [2.24, 2.45) is 0 Å². The number of carbonyl (C=O) groups excluding carboxylic acids is 2. The number of carbonyl (C=O) groups is 2. The highest BCUT2D eigenvalue weighted by Gasteiger charge is 2.24. The fraction of sp³-hybridized carbons (Fsp3) is 0.391. The molecule has 0 radical (unpaired) electrons. The Hall–Kier alpha value is -2.82. The van der Waals surface area contributed by atoms with E-state index < -0.39 is 12.1 Å². The van der Waals surface area contributed by atoms with Crippen LogP contribution in [-0.4, -0.2) is 23.1 Å². The lowest BCUT2D eigenvalue weighted by atomic mass is 9.92. The average molecular weight is 383 g/mol. The standard InChI is InChI=1S/C23H29NO4/c1-14(2)18-11-19(15(3)4)21(25)20(12-18)23(27)28-16(5)22(26)24-13-17-9-7-6-8-10-17/h6-12,14-16,25H,13H2,1-5H3,(H,24,26). The first-order valence-corrected chi connectivity index (χ1v) is 9.60. The van der Waals surface area contributed by atoms with Crippen molar-refractivity contribution in [3.63, 3.8) is 0 Å². The molecule has 2 rings (SSSR count). The molecule has 0 saturated carbocycles. The molecule has 0 heterocycles. The number of hydrogen-bond donors (Lipinski definition) is 2. The smallest absolute Gasteiger partial charge is 0.342 e. The predicted molar refractivity (Wildman–Crippen MR) is 109 cm³/mol. The highest BCUT2D eigenvalue weighted by atomic mass is 16.5. The highest BCUT2D eigenvalue weighted by molar-refractivity contribution is 5.95. The summed E-state index contributed by atoms with van der Waals surface area (Å²) in [4.78, 5) is 24.9. The van der Waals surface area contributed by atoms with E-state index in [1.54, 1.807) is 6.07 Å². The van der Waals surface area contributed by atoms with Crippen LogP contribution in [0.4, 0.5) is 0 Å². The third kappa shape index (κ3) is 5.35. The van der Waals surface area contributed by atoms with Crippen LogP contribution in [0.3, 0.4) is 0 Å². The summed E-state index contributed by atoms with van der Waals surface area (Å²) in [5, 5.41) is 13.3. The minimum atomic E-state index is -0.971. The number of rotatable bonds is 7. The molecular formula is C23H29NO4. The van der Waals surface area contributed by atoms with Gasteiger partial charge in [-0.05, 0) is 41.5 Å². The average Bonchev–Trinajstić information content (AvgIpc) is 2.66. The molecule has 2 aromatic carbocycles. The van der Waals surface area contributed by atoms with Gasteiger partial charge in [0.1, 0.15) is 11.3 Å². The lowest BCUT2D eigenvalue weighted by Crippen LogP contribution is -2.35. The van der Waals surface area contributed by atoms with Crippen LogP contribution in [0.15, 0.2) is 42.5 Å². The Morgan fingerprint density at radius 1 is 1.00 bits per heavy atom. The summed E-state index contributed by atoms with van der Waals surface area (Å²) in [7, 11) is 0. The van der Waals surface area contributed by atoms with Gasteiger partial charge in [-0.25, -0.2) is 4.79 Å². The second kappa shape index (κ2) is 9.40. The third-order valence-corrected chi connectivity index (χ3v) is 4.63. The third-order valence-electron chi connectivity index (χ3n) is 4.63. The molecule has 0 spiro atoms. The lowest BCUT2D eigenvalue weighted by molar-refractivity contribution is -0.129. The molecular weight excluding hydrogens is 354 g/mol. The van der Waals surface area contributed by atoms with Gasteiger partial charge in [0.25, 0.3) is 5.91 Å². The molecule has 2 N–H and O–H groups in total. The summed E-state index contributed by atoms with van der Waals surface area (Å²) in [6.45, 7) is 9.82. The number of hydrogen-bond acceptors (Lipinski definition) is 4. The summed E-state index contributed by atoms with van der Waals surface area (Å²) >= 11 is 0. The zero-order valence-corrected chi connectivity index (χ0v) is 17.2. The maximum absolute atomic E-state index is 12.6. The van der Waals surface area contributed by atoms with Crippen LogP contribution < -0.4 is 5.32 Å². The Morgan fingerprint density at radius 3 is 2.21 bits per heavy atom. The number of aromatic hydroxyl groups is 1. The molecule has 1 unspecified atom stereocenters. The van der Waals surface area contributed by atoms with Gasteiger partial charge in [0.15, 0.2) is 6.10 Å². The molecule has 1 atom stereocenters. The predicted octanol–water partition coefficient (Wildman–Crippen LogP) is 4.50. The van der Waals surface area contributed by atoms with Crippen molar-refractivity contribution < 1.29 is 19.4 Å². The second-order valence-electron chi connectivity index (χ2n) is 7.57. The van der Waals surface area contributed by atoms with Crippen molar-refractivity contribution in [3.05, 3.63) is 64.7 Å². The number of ether oxygens (including phenoxy) is 1. The Kier molecular flexibility index (Phi) is 7.21. The van der Waals surface area contributed by atoms with E-state index in [9.17, 15) is 14.7 Å². The van der Waals surface area contributed by atoms with Crippen molar-refractivity contribution in [1.29, 1.82) is 0 Å². The van der Waals surface area contributed by atoms with Crippen molar-refractivity contribution in [3.8, 4) is 5.75 Å². The summed E-state index contributed by atoms with van der Waals surface area (Å²) < 4.78 is 5.33.